The van der Waals surface area contributed by atoms with Crippen molar-refractivity contribution >= 4 is 28.6 Å². The molecule has 8 nitrogen and oxygen atoms in total. The van der Waals surface area contributed by atoms with Gasteiger partial charge in [0.1, 0.15) is 5.82 Å². The Kier molecular flexibility index (Phi) is 6.61. The summed E-state index contributed by atoms with van der Waals surface area (Å²) in [6, 6.07) is 14.1. The first-order chi connectivity index (χ1) is 17.1. The molecule has 1 amide bonds. The second-order valence-electron chi connectivity index (χ2n) is 9.35. The van der Waals surface area contributed by atoms with Crippen LogP contribution in [-0.2, 0) is 4.79 Å². The van der Waals surface area contributed by atoms with Crippen LogP contribution in [-0.4, -0.2) is 61.2 Å². The maximum Gasteiger partial charge on any atom is 0.228 e. The van der Waals surface area contributed by atoms with Gasteiger partial charge in [0.25, 0.3) is 0 Å². The van der Waals surface area contributed by atoms with Crippen molar-refractivity contribution < 1.29 is 14.3 Å². The van der Waals surface area contributed by atoms with Gasteiger partial charge in [0, 0.05) is 43.5 Å². The van der Waals surface area contributed by atoms with Gasteiger partial charge < -0.3 is 25.0 Å². The molecule has 2 aromatic carbocycles. The van der Waals surface area contributed by atoms with Crippen molar-refractivity contribution in [1.29, 1.82) is 0 Å². The van der Waals surface area contributed by atoms with Crippen molar-refractivity contribution in [2.45, 2.75) is 31.6 Å². The summed E-state index contributed by atoms with van der Waals surface area (Å²) in [6.07, 6.45) is 4.36. The van der Waals surface area contributed by atoms with Gasteiger partial charge in [0.2, 0.25) is 11.9 Å². The molecule has 35 heavy (non-hydrogen) atoms. The van der Waals surface area contributed by atoms with Crippen LogP contribution in [0.4, 0.5) is 11.8 Å². The molecule has 2 fully saturated rings. The summed E-state index contributed by atoms with van der Waals surface area (Å²) >= 11 is 0. The fraction of sp³-hybridized carbons (Fsp3) is 0.444. The average molecular weight is 476 g/mol. The molecule has 2 N–H and O–H groups in total. The largest absolute Gasteiger partial charge is 0.493 e. The van der Waals surface area contributed by atoms with E-state index in [4.69, 9.17) is 20.2 Å². The molecule has 1 aliphatic heterocycles. The summed E-state index contributed by atoms with van der Waals surface area (Å²) in [5.74, 6) is 2.82. The maximum atomic E-state index is 13.6. The molecular formula is C27H33N5O3. The van der Waals surface area contributed by atoms with E-state index < -0.39 is 0 Å². The lowest BCUT2D eigenvalue weighted by Crippen LogP contribution is -2.51. The minimum absolute atomic E-state index is 0.0627. The smallest absolute Gasteiger partial charge is 0.228 e. The summed E-state index contributed by atoms with van der Waals surface area (Å²) < 4.78 is 10.8. The van der Waals surface area contributed by atoms with Crippen LogP contribution in [0.2, 0.25) is 0 Å². The van der Waals surface area contributed by atoms with Crippen molar-refractivity contribution in [2.75, 3.05) is 51.0 Å². The number of benzene rings is 2. The van der Waals surface area contributed by atoms with Crippen LogP contribution in [0.5, 0.6) is 11.5 Å². The topological polar surface area (TPSA) is 93.8 Å². The normalized spacial score (nSPS) is 20.6. The van der Waals surface area contributed by atoms with Crippen LogP contribution in [0.3, 0.4) is 0 Å². The van der Waals surface area contributed by atoms with E-state index in [2.05, 4.69) is 34.1 Å². The van der Waals surface area contributed by atoms with E-state index in [0.717, 1.165) is 24.6 Å². The second kappa shape index (κ2) is 9.98. The minimum Gasteiger partial charge on any atom is -0.493 e. The molecule has 0 bridgehead atoms. The zero-order chi connectivity index (χ0) is 24.4. The van der Waals surface area contributed by atoms with Gasteiger partial charge >= 0.3 is 0 Å². The molecule has 3 aromatic rings. The summed E-state index contributed by atoms with van der Waals surface area (Å²) in [7, 11) is 3.19. The number of amides is 1. The molecule has 0 radical (unpaired) electrons. The fourth-order valence-corrected chi connectivity index (χ4v) is 5.50. The number of anilines is 2. The Morgan fingerprint density at radius 2 is 1.63 bits per heavy atom. The Balaban J connectivity index is 1.30. The third-order valence-electron chi connectivity index (χ3n) is 7.40. The molecule has 184 valence electrons. The number of nitrogens with zero attached hydrogens (tertiary/aromatic N) is 4. The first kappa shape index (κ1) is 23.2. The Morgan fingerprint density at radius 3 is 2.34 bits per heavy atom. The zero-order valence-electron chi connectivity index (χ0n) is 20.4. The van der Waals surface area contributed by atoms with Gasteiger partial charge in [-0.15, -0.1) is 0 Å². The van der Waals surface area contributed by atoms with E-state index in [1.54, 1.807) is 20.3 Å². The fourth-order valence-electron chi connectivity index (χ4n) is 5.50. The number of hydrogen-bond acceptors (Lipinski definition) is 7. The number of fused-ring (bicyclic) bond motifs is 1. The van der Waals surface area contributed by atoms with E-state index in [0.29, 0.717) is 60.9 Å². The molecule has 1 saturated carbocycles. The number of nitrogen functional groups attached to an aromatic ring is 1. The number of methoxy groups -OCH3 is 2. The molecule has 5 rings (SSSR count). The Bertz CT molecular complexity index is 1190. The van der Waals surface area contributed by atoms with Crippen molar-refractivity contribution in [3.8, 4) is 11.5 Å². The van der Waals surface area contributed by atoms with Crippen LogP contribution >= 0.6 is 0 Å². The van der Waals surface area contributed by atoms with Gasteiger partial charge in [-0.1, -0.05) is 43.2 Å². The quantitative estimate of drug-likeness (QED) is 0.599. The number of nitrogens with two attached hydrogens (primary N) is 1. The summed E-state index contributed by atoms with van der Waals surface area (Å²) in [5.41, 5.74) is 8.28. The number of aromatic nitrogens is 2. The summed E-state index contributed by atoms with van der Waals surface area (Å²) in [5, 5.41) is 0.726. The highest BCUT2D eigenvalue weighted by molar-refractivity contribution is 5.91. The van der Waals surface area contributed by atoms with Crippen LogP contribution in [0.15, 0.2) is 42.5 Å². The number of carbonyl (C=O) groups is 1. The van der Waals surface area contributed by atoms with Crippen LogP contribution in [0.25, 0.3) is 10.9 Å². The molecule has 0 spiro atoms. The molecule has 2 unspecified atom stereocenters. The Hall–Kier alpha value is -3.55. The second-order valence-corrected chi connectivity index (χ2v) is 9.35. The Morgan fingerprint density at radius 1 is 0.943 bits per heavy atom. The molecule has 2 heterocycles. The minimum atomic E-state index is 0.0627. The first-order valence-corrected chi connectivity index (χ1v) is 12.4. The molecule has 1 saturated heterocycles. The number of piperazine rings is 1. The highest BCUT2D eigenvalue weighted by Gasteiger charge is 2.35. The van der Waals surface area contributed by atoms with E-state index in [9.17, 15) is 4.79 Å². The van der Waals surface area contributed by atoms with E-state index in [1.807, 2.05) is 17.0 Å². The third kappa shape index (κ3) is 4.57. The SMILES string of the molecule is COc1cc2nc(N3CCN(C(=O)C4CCCCC4c4ccccc4)CC3)nc(N)c2cc1OC. The van der Waals surface area contributed by atoms with Gasteiger partial charge in [0.15, 0.2) is 11.5 Å². The molecule has 2 aliphatic rings. The highest BCUT2D eigenvalue weighted by atomic mass is 16.5. The van der Waals surface area contributed by atoms with Crippen LogP contribution < -0.4 is 20.1 Å². The standard InChI is InChI=1S/C27H33N5O3/c1-34-23-16-21-22(17-24(23)35-2)29-27(30-25(21)28)32-14-12-31(13-15-32)26(33)20-11-7-6-10-19(20)18-8-4-3-5-9-18/h3-5,8-9,16-17,19-20H,6-7,10-15H2,1-2H3,(H2,28,29,30). The number of carbonyl (C=O) groups excluding carboxylic acids is 1. The van der Waals surface area contributed by atoms with Crippen molar-refractivity contribution in [3.05, 3.63) is 48.0 Å². The van der Waals surface area contributed by atoms with Crippen LogP contribution in [0.1, 0.15) is 37.2 Å². The predicted molar refractivity (Wildman–Crippen MR) is 137 cm³/mol. The molecule has 2 atom stereocenters. The monoisotopic (exact) mass is 475 g/mol. The zero-order valence-corrected chi connectivity index (χ0v) is 20.4. The van der Waals surface area contributed by atoms with Gasteiger partial charge in [-0.25, -0.2) is 4.98 Å². The number of ether oxygens (including phenoxy) is 2. The highest BCUT2D eigenvalue weighted by Crippen LogP contribution is 2.39. The number of rotatable bonds is 5. The molecule has 1 aliphatic carbocycles. The van der Waals surface area contributed by atoms with Gasteiger partial charge in [-0.3, -0.25) is 4.79 Å². The van der Waals surface area contributed by atoms with Crippen molar-refractivity contribution in [1.82, 2.24) is 14.9 Å². The lowest BCUT2D eigenvalue weighted by Gasteiger charge is -2.39. The number of hydrogen-bond donors (Lipinski definition) is 1. The molecule has 8 heteroatoms. The van der Waals surface area contributed by atoms with Crippen molar-refractivity contribution in [3.63, 3.8) is 0 Å². The van der Waals surface area contributed by atoms with E-state index >= 15 is 0 Å². The van der Waals surface area contributed by atoms with E-state index in [-0.39, 0.29) is 11.8 Å². The predicted octanol–water partition coefficient (Wildman–Crippen LogP) is 3.85. The van der Waals surface area contributed by atoms with Gasteiger partial charge in [-0.2, -0.15) is 4.98 Å². The molecular weight excluding hydrogens is 442 g/mol. The maximum absolute atomic E-state index is 13.6. The molecule has 1 aromatic heterocycles. The summed E-state index contributed by atoms with van der Waals surface area (Å²) in [6.45, 7) is 2.66. The third-order valence-corrected chi connectivity index (χ3v) is 7.40. The van der Waals surface area contributed by atoms with Gasteiger partial charge in [0.05, 0.1) is 19.7 Å². The van der Waals surface area contributed by atoms with E-state index in [1.165, 1.54) is 12.0 Å². The lowest BCUT2D eigenvalue weighted by atomic mass is 9.74. The first-order valence-electron chi connectivity index (χ1n) is 12.4. The van der Waals surface area contributed by atoms with Crippen LogP contribution in [0, 0.1) is 5.92 Å². The average Bonchev–Trinajstić information content (AvgIpc) is 2.92. The summed E-state index contributed by atoms with van der Waals surface area (Å²) in [4.78, 5) is 27.0. The van der Waals surface area contributed by atoms with Crippen molar-refractivity contribution in [2.24, 2.45) is 5.92 Å². The van der Waals surface area contributed by atoms with Gasteiger partial charge in [-0.05, 0) is 30.4 Å². The Labute approximate surface area is 206 Å². The lowest BCUT2D eigenvalue weighted by molar-refractivity contribution is -0.137.